The van der Waals surface area contributed by atoms with Crippen molar-refractivity contribution in [1.82, 2.24) is 0 Å². The molecule has 1 aromatic rings. The number of hydrogen-bond acceptors (Lipinski definition) is 1. The maximum Gasteiger partial charge on any atom is 0.119 e. The molecule has 0 aliphatic rings. The zero-order valence-electron chi connectivity index (χ0n) is 11.7. The SMILES string of the molecule is CC(C)CCOc1ccc(CCC(C)C)cc1. The first-order valence-electron chi connectivity index (χ1n) is 6.79. The maximum absolute atomic E-state index is 5.70. The van der Waals surface area contributed by atoms with Crippen LogP contribution in [0.5, 0.6) is 5.75 Å². The molecule has 0 unspecified atom stereocenters. The van der Waals surface area contributed by atoms with Gasteiger partial charge in [-0.3, -0.25) is 0 Å². The van der Waals surface area contributed by atoms with Crippen LogP contribution in [0.4, 0.5) is 0 Å². The van der Waals surface area contributed by atoms with Gasteiger partial charge in [-0.2, -0.15) is 0 Å². The van der Waals surface area contributed by atoms with Crippen LogP contribution < -0.4 is 4.74 Å². The van der Waals surface area contributed by atoms with E-state index in [1.807, 2.05) is 0 Å². The number of hydrogen-bond donors (Lipinski definition) is 0. The zero-order valence-corrected chi connectivity index (χ0v) is 11.7. The minimum atomic E-state index is 0.709. The number of benzene rings is 1. The standard InChI is InChI=1S/C16H26O/c1-13(2)5-6-15-7-9-16(10-8-15)17-12-11-14(3)4/h7-10,13-14H,5-6,11-12H2,1-4H3. The van der Waals surface area contributed by atoms with Crippen molar-refractivity contribution in [3.05, 3.63) is 29.8 Å². The first-order chi connectivity index (χ1) is 8.08. The Morgan fingerprint density at radius 2 is 1.47 bits per heavy atom. The van der Waals surface area contributed by atoms with Crippen LogP contribution in [-0.4, -0.2) is 6.61 Å². The zero-order chi connectivity index (χ0) is 12.7. The molecule has 0 atom stereocenters. The second-order valence-electron chi connectivity index (χ2n) is 5.61. The Bertz CT molecular complexity index is 298. The molecule has 0 radical (unpaired) electrons. The molecule has 0 saturated carbocycles. The van der Waals surface area contributed by atoms with E-state index < -0.39 is 0 Å². The molecule has 0 N–H and O–H groups in total. The Kier molecular flexibility index (Phi) is 6.10. The summed E-state index contributed by atoms with van der Waals surface area (Å²) in [6.45, 7) is 9.80. The van der Waals surface area contributed by atoms with Crippen molar-refractivity contribution < 1.29 is 4.74 Å². The summed E-state index contributed by atoms with van der Waals surface area (Å²) in [7, 11) is 0. The first-order valence-corrected chi connectivity index (χ1v) is 6.79. The van der Waals surface area contributed by atoms with Crippen LogP contribution in [0.1, 0.15) is 46.1 Å². The molecule has 1 rings (SSSR count). The minimum absolute atomic E-state index is 0.709. The minimum Gasteiger partial charge on any atom is -0.494 e. The van der Waals surface area contributed by atoms with E-state index in [9.17, 15) is 0 Å². The fraction of sp³-hybridized carbons (Fsp3) is 0.625. The third-order valence-electron chi connectivity index (χ3n) is 2.90. The topological polar surface area (TPSA) is 9.23 Å². The highest BCUT2D eigenvalue weighted by molar-refractivity contribution is 5.27. The molecule has 0 bridgehead atoms. The van der Waals surface area contributed by atoms with E-state index in [-0.39, 0.29) is 0 Å². The van der Waals surface area contributed by atoms with Gasteiger partial charge in [0.15, 0.2) is 0 Å². The van der Waals surface area contributed by atoms with Crippen LogP contribution in [0.15, 0.2) is 24.3 Å². The predicted molar refractivity (Wildman–Crippen MR) is 74.6 cm³/mol. The molecule has 1 aromatic carbocycles. The summed E-state index contributed by atoms with van der Waals surface area (Å²) in [5, 5.41) is 0. The van der Waals surface area contributed by atoms with E-state index in [0.717, 1.165) is 24.7 Å². The van der Waals surface area contributed by atoms with Gasteiger partial charge in [0, 0.05) is 0 Å². The van der Waals surface area contributed by atoms with Gasteiger partial charge < -0.3 is 4.74 Å². The highest BCUT2D eigenvalue weighted by Gasteiger charge is 1.99. The number of aryl methyl sites for hydroxylation is 1. The van der Waals surface area contributed by atoms with Crippen molar-refractivity contribution in [2.45, 2.75) is 47.0 Å². The van der Waals surface area contributed by atoms with Gasteiger partial charge in [0.2, 0.25) is 0 Å². The van der Waals surface area contributed by atoms with Crippen molar-refractivity contribution in [2.24, 2.45) is 11.8 Å². The van der Waals surface area contributed by atoms with Crippen molar-refractivity contribution in [3.63, 3.8) is 0 Å². The van der Waals surface area contributed by atoms with Crippen LogP contribution in [0.3, 0.4) is 0 Å². The Morgan fingerprint density at radius 3 is 2.00 bits per heavy atom. The molecule has 0 aliphatic carbocycles. The normalized spacial score (nSPS) is 11.2. The van der Waals surface area contributed by atoms with Gasteiger partial charge in [0.25, 0.3) is 0 Å². The Hall–Kier alpha value is -0.980. The smallest absolute Gasteiger partial charge is 0.119 e. The third kappa shape index (κ3) is 6.35. The molecule has 17 heavy (non-hydrogen) atoms. The number of rotatable bonds is 7. The average Bonchev–Trinajstić information content (AvgIpc) is 2.27. The molecule has 0 saturated heterocycles. The molecular formula is C16H26O. The summed E-state index contributed by atoms with van der Waals surface area (Å²) in [6, 6.07) is 8.56. The summed E-state index contributed by atoms with van der Waals surface area (Å²) in [5.74, 6) is 2.48. The van der Waals surface area contributed by atoms with Gasteiger partial charge in [0.1, 0.15) is 5.75 Å². The van der Waals surface area contributed by atoms with Gasteiger partial charge in [-0.15, -0.1) is 0 Å². The summed E-state index contributed by atoms with van der Waals surface area (Å²) in [5.41, 5.74) is 1.41. The molecule has 1 nitrogen and oxygen atoms in total. The van der Waals surface area contributed by atoms with Crippen molar-refractivity contribution in [2.75, 3.05) is 6.61 Å². The molecule has 1 heteroatoms. The second-order valence-corrected chi connectivity index (χ2v) is 5.61. The van der Waals surface area contributed by atoms with E-state index in [2.05, 4.69) is 52.0 Å². The fourth-order valence-corrected chi connectivity index (χ4v) is 1.62. The second kappa shape index (κ2) is 7.37. The van der Waals surface area contributed by atoms with Gasteiger partial charge in [-0.25, -0.2) is 0 Å². The van der Waals surface area contributed by atoms with E-state index >= 15 is 0 Å². The Labute approximate surface area is 106 Å². The predicted octanol–water partition coefficient (Wildman–Crippen LogP) is 4.70. The van der Waals surface area contributed by atoms with Gasteiger partial charge in [-0.05, 0) is 48.8 Å². The lowest BCUT2D eigenvalue weighted by molar-refractivity contribution is 0.289. The summed E-state index contributed by atoms with van der Waals surface area (Å²) >= 11 is 0. The summed E-state index contributed by atoms with van der Waals surface area (Å²) < 4.78 is 5.70. The lowest BCUT2D eigenvalue weighted by Gasteiger charge is -2.09. The van der Waals surface area contributed by atoms with Gasteiger partial charge in [0.05, 0.1) is 6.61 Å². The molecule has 0 amide bonds. The first kappa shape index (κ1) is 14.1. The largest absolute Gasteiger partial charge is 0.494 e. The third-order valence-corrected chi connectivity index (χ3v) is 2.90. The lowest BCUT2D eigenvalue weighted by Crippen LogP contribution is -2.01. The van der Waals surface area contributed by atoms with Crippen LogP contribution in [0.2, 0.25) is 0 Å². The van der Waals surface area contributed by atoms with E-state index in [4.69, 9.17) is 4.74 Å². The van der Waals surface area contributed by atoms with E-state index in [1.54, 1.807) is 0 Å². The van der Waals surface area contributed by atoms with Crippen LogP contribution >= 0.6 is 0 Å². The van der Waals surface area contributed by atoms with Crippen LogP contribution in [-0.2, 0) is 6.42 Å². The molecule has 0 aliphatic heterocycles. The lowest BCUT2D eigenvalue weighted by atomic mass is 10.0. The molecular weight excluding hydrogens is 208 g/mol. The monoisotopic (exact) mass is 234 g/mol. The molecule has 0 heterocycles. The Balaban J connectivity index is 2.34. The molecule has 0 fully saturated rings. The van der Waals surface area contributed by atoms with Crippen LogP contribution in [0.25, 0.3) is 0 Å². The quantitative estimate of drug-likeness (QED) is 0.664. The van der Waals surface area contributed by atoms with Gasteiger partial charge >= 0.3 is 0 Å². The highest BCUT2D eigenvalue weighted by Crippen LogP contribution is 2.15. The average molecular weight is 234 g/mol. The van der Waals surface area contributed by atoms with Crippen molar-refractivity contribution >= 4 is 0 Å². The van der Waals surface area contributed by atoms with Crippen molar-refractivity contribution in [1.29, 1.82) is 0 Å². The summed E-state index contributed by atoms with van der Waals surface area (Å²) in [4.78, 5) is 0. The van der Waals surface area contributed by atoms with E-state index in [0.29, 0.717) is 5.92 Å². The summed E-state index contributed by atoms with van der Waals surface area (Å²) in [6.07, 6.45) is 3.55. The molecule has 96 valence electrons. The Morgan fingerprint density at radius 1 is 0.882 bits per heavy atom. The molecule has 0 spiro atoms. The fourth-order valence-electron chi connectivity index (χ4n) is 1.62. The van der Waals surface area contributed by atoms with Gasteiger partial charge in [-0.1, -0.05) is 39.8 Å². The van der Waals surface area contributed by atoms with Crippen LogP contribution in [0, 0.1) is 11.8 Å². The molecule has 0 aromatic heterocycles. The van der Waals surface area contributed by atoms with Crippen molar-refractivity contribution in [3.8, 4) is 5.75 Å². The number of ether oxygens (including phenoxy) is 1. The highest BCUT2D eigenvalue weighted by atomic mass is 16.5. The van der Waals surface area contributed by atoms with E-state index in [1.165, 1.54) is 18.4 Å². The maximum atomic E-state index is 5.70.